The van der Waals surface area contributed by atoms with Crippen molar-refractivity contribution < 1.29 is 14.3 Å². The highest BCUT2D eigenvalue weighted by molar-refractivity contribution is 5.98. The van der Waals surface area contributed by atoms with Gasteiger partial charge in [-0.15, -0.1) is 0 Å². The van der Waals surface area contributed by atoms with Crippen LogP contribution in [0.5, 0.6) is 17.2 Å². The van der Waals surface area contributed by atoms with Crippen LogP contribution in [0.1, 0.15) is 15.9 Å². The van der Waals surface area contributed by atoms with Crippen LogP contribution in [-0.4, -0.2) is 18.6 Å². The fourth-order valence-electron chi connectivity index (χ4n) is 3.74. The van der Waals surface area contributed by atoms with Crippen molar-refractivity contribution in [3.63, 3.8) is 0 Å². The zero-order valence-corrected chi connectivity index (χ0v) is 16.4. The number of carbonyl (C=O) groups is 1. The Hall–Kier alpha value is -3.79. The third-order valence-corrected chi connectivity index (χ3v) is 5.25. The molecular weight excluding hydrogens is 374 g/mol. The summed E-state index contributed by atoms with van der Waals surface area (Å²) in [6.07, 6.45) is 0.649. The molecule has 1 aliphatic heterocycles. The minimum Gasteiger partial charge on any atom is -0.488 e. The molecule has 0 fully saturated rings. The molecule has 1 unspecified atom stereocenters. The summed E-state index contributed by atoms with van der Waals surface area (Å²) in [5.74, 6) is 2.34. The molecule has 148 valence electrons. The highest BCUT2D eigenvalue weighted by atomic mass is 16.5. The van der Waals surface area contributed by atoms with E-state index in [1.54, 1.807) is 0 Å². The molecular formula is C26H21NO3. The van der Waals surface area contributed by atoms with Crippen LogP contribution in [0.3, 0.4) is 0 Å². The number of rotatable bonds is 5. The van der Waals surface area contributed by atoms with Gasteiger partial charge in [0.25, 0.3) is 5.91 Å². The summed E-state index contributed by atoms with van der Waals surface area (Å²) >= 11 is 0. The molecule has 4 heteroatoms. The largest absolute Gasteiger partial charge is 0.488 e. The van der Waals surface area contributed by atoms with E-state index in [0.717, 1.165) is 40.0 Å². The maximum atomic E-state index is 12.6. The number of benzene rings is 4. The van der Waals surface area contributed by atoms with Crippen LogP contribution < -0.4 is 14.8 Å². The molecule has 0 radical (unpaired) electrons. The number of carbonyl (C=O) groups excluding carboxylic acids is 1. The molecule has 4 aromatic carbocycles. The normalized spacial score (nSPS) is 14.7. The van der Waals surface area contributed by atoms with Crippen LogP contribution in [0.15, 0.2) is 91.0 Å². The molecule has 0 saturated carbocycles. The lowest BCUT2D eigenvalue weighted by Gasteiger charge is -2.12. The average Bonchev–Trinajstić information content (AvgIpc) is 3.20. The molecule has 4 nitrogen and oxygen atoms in total. The van der Waals surface area contributed by atoms with Crippen LogP contribution in [0, 0.1) is 0 Å². The Bertz CT molecular complexity index is 1200. The fraction of sp³-hybridized carbons (Fsp3) is 0.115. The first-order valence-electron chi connectivity index (χ1n) is 10.0. The number of nitrogens with one attached hydrogen (secondary N) is 1. The van der Waals surface area contributed by atoms with Crippen molar-refractivity contribution in [2.24, 2.45) is 0 Å². The van der Waals surface area contributed by atoms with E-state index in [1.807, 2.05) is 91.0 Å². The van der Waals surface area contributed by atoms with E-state index in [9.17, 15) is 4.79 Å². The second-order valence-electron chi connectivity index (χ2n) is 7.40. The number of hydrogen-bond donors (Lipinski definition) is 1. The Labute approximate surface area is 175 Å². The summed E-state index contributed by atoms with van der Waals surface area (Å²) in [5.41, 5.74) is 1.75. The van der Waals surface area contributed by atoms with Crippen LogP contribution in [-0.2, 0) is 6.42 Å². The summed E-state index contributed by atoms with van der Waals surface area (Å²) in [4.78, 5) is 12.6. The second kappa shape index (κ2) is 7.91. The van der Waals surface area contributed by atoms with Crippen molar-refractivity contribution >= 4 is 16.7 Å². The van der Waals surface area contributed by atoms with Gasteiger partial charge < -0.3 is 14.8 Å². The predicted octanol–water partition coefficient (Wildman–Crippen LogP) is 5.37. The first-order valence-corrected chi connectivity index (χ1v) is 10.0. The van der Waals surface area contributed by atoms with Gasteiger partial charge in [0.2, 0.25) is 0 Å². The fourth-order valence-corrected chi connectivity index (χ4v) is 3.74. The molecule has 1 atom stereocenters. The lowest BCUT2D eigenvalue weighted by Crippen LogP contribution is -2.34. The minimum atomic E-state index is -0.0894. The number of para-hydroxylation sites is 1. The number of ether oxygens (including phenoxy) is 2. The summed E-state index contributed by atoms with van der Waals surface area (Å²) in [5, 5.41) is 5.18. The maximum absolute atomic E-state index is 12.6. The van der Waals surface area contributed by atoms with Crippen molar-refractivity contribution in [2.75, 3.05) is 6.54 Å². The molecule has 5 rings (SSSR count). The lowest BCUT2D eigenvalue weighted by molar-refractivity contribution is 0.0933. The van der Waals surface area contributed by atoms with Crippen LogP contribution in [0.25, 0.3) is 10.8 Å². The van der Waals surface area contributed by atoms with E-state index < -0.39 is 0 Å². The van der Waals surface area contributed by atoms with Gasteiger partial charge in [-0.25, -0.2) is 0 Å². The highest BCUT2D eigenvalue weighted by Gasteiger charge is 2.24. The Kier molecular flexibility index (Phi) is 4.81. The lowest BCUT2D eigenvalue weighted by atomic mass is 10.1. The van der Waals surface area contributed by atoms with Crippen molar-refractivity contribution in [2.45, 2.75) is 12.5 Å². The topological polar surface area (TPSA) is 47.6 Å². The van der Waals surface area contributed by atoms with E-state index in [-0.39, 0.29) is 12.0 Å². The molecule has 0 bridgehead atoms. The number of fused-ring (bicyclic) bond motifs is 2. The molecule has 1 amide bonds. The van der Waals surface area contributed by atoms with E-state index in [4.69, 9.17) is 9.47 Å². The summed E-state index contributed by atoms with van der Waals surface area (Å²) in [7, 11) is 0. The van der Waals surface area contributed by atoms with Gasteiger partial charge in [-0.05, 0) is 53.2 Å². The van der Waals surface area contributed by atoms with Gasteiger partial charge in [0.05, 0.1) is 6.54 Å². The SMILES string of the molecule is O=C(NCC1Cc2cc(Oc3ccccc3)ccc2O1)c1ccc2ccccc2c1. The van der Waals surface area contributed by atoms with Gasteiger partial charge in [-0.3, -0.25) is 4.79 Å². The molecule has 0 spiro atoms. The van der Waals surface area contributed by atoms with Gasteiger partial charge in [0.1, 0.15) is 23.4 Å². The van der Waals surface area contributed by atoms with Gasteiger partial charge in [0, 0.05) is 17.5 Å². The number of amides is 1. The zero-order chi connectivity index (χ0) is 20.3. The number of hydrogen-bond acceptors (Lipinski definition) is 3. The highest BCUT2D eigenvalue weighted by Crippen LogP contribution is 2.33. The molecule has 0 saturated heterocycles. The molecule has 30 heavy (non-hydrogen) atoms. The summed E-state index contributed by atoms with van der Waals surface area (Å²) in [6.45, 7) is 0.454. The van der Waals surface area contributed by atoms with Crippen molar-refractivity contribution in [3.05, 3.63) is 102 Å². The molecule has 1 N–H and O–H groups in total. The average molecular weight is 395 g/mol. The predicted molar refractivity (Wildman–Crippen MR) is 117 cm³/mol. The van der Waals surface area contributed by atoms with Crippen molar-refractivity contribution in [1.29, 1.82) is 0 Å². The third-order valence-electron chi connectivity index (χ3n) is 5.25. The van der Waals surface area contributed by atoms with Gasteiger partial charge in [-0.1, -0.05) is 48.5 Å². The summed E-state index contributed by atoms with van der Waals surface area (Å²) < 4.78 is 11.9. The Morgan fingerprint density at radius 2 is 1.67 bits per heavy atom. The molecule has 0 aliphatic carbocycles. The smallest absolute Gasteiger partial charge is 0.251 e. The summed E-state index contributed by atoms with van der Waals surface area (Å²) in [6, 6.07) is 29.3. The molecule has 1 heterocycles. The van der Waals surface area contributed by atoms with Crippen molar-refractivity contribution in [3.8, 4) is 17.2 Å². The first-order chi connectivity index (χ1) is 14.7. The molecule has 4 aromatic rings. The van der Waals surface area contributed by atoms with E-state index in [2.05, 4.69) is 5.32 Å². The Balaban J connectivity index is 1.21. The second-order valence-corrected chi connectivity index (χ2v) is 7.40. The van der Waals surface area contributed by atoms with Crippen LogP contribution in [0.4, 0.5) is 0 Å². The van der Waals surface area contributed by atoms with Gasteiger partial charge in [0.15, 0.2) is 0 Å². The standard InChI is InChI=1S/C26H21NO3/c28-26(20-11-10-18-6-4-5-7-19(18)14-20)27-17-24-16-21-15-23(12-13-25(21)30-24)29-22-8-2-1-3-9-22/h1-15,24H,16-17H2,(H,27,28). The molecule has 0 aromatic heterocycles. The first kappa shape index (κ1) is 18.3. The Morgan fingerprint density at radius 3 is 2.53 bits per heavy atom. The van der Waals surface area contributed by atoms with Crippen molar-refractivity contribution in [1.82, 2.24) is 5.32 Å². The molecule has 1 aliphatic rings. The van der Waals surface area contributed by atoms with Gasteiger partial charge >= 0.3 is 0 Å². The zero-order valence-electron chi connectivity index (χ0n) is 16.4. The quantitative estimate of drug-likeness (QED) is 0.494. The monoisotopic (exact) mass is 395 g/mol. The maximum Gasteiger partial charge on any atom is 0.251 e. The van der Waals surface area contributed by atoms with E-state index >= 15 is 0 Å². The van der Waals surface area contributed by atoms with E-state index in [0.29, 0.717) is 12.1 Å². The third kappa shape index (κ3) is 3.85. The Morgan fingerprint density at radius 1 is 0.867 bits per heavy atom. The van der Waals surface area contributed by atoms with Gasteiger partial charge in [-0.2, -0.15) is 0 Å². The van der Waals surface area contributed by atoms with Crippen LogP contribution in [0.2, 0.25) is 0 Å². The van der Waals surface area contributed by atoms with Crippen LogP contribution >= 0.6 is 0 Å². The minimum absolute atomic E-state index is 0.0867. The van der Waals surface area contributed by atoms with E-state index in [1.165, 1.54) is 0 Å².